The molecule has 1 saturated heterocycles. The van der Waals surface area contributed by atoms with Crippen LogP contribution in [0.2, 0.25) is 0 Å². The number of hydrogen-bond donors (Lipinski definition) is 1. The molecule has 0 atom stereocenters. The van der Waals surface area contributed by atoms with E-state index >= 15 is 0 Å². The molecule has 0 bridgehead atoms. The Morgan fingerprint density at radius 1 is 1.07 bits per heavy atom. The van der Waals surface area contributed by atoms with Crippen LogP contribution < -0.4 is 10.5 Å². The lowest BCUT2D eigenvalue weighted by Crippen LogP contribution is -2.27. The predicted octanol–water partition coefficient (Wildman–Crippen LogP) is 3.34. The van der Waals surface area contributed by atoms with E-state index in [-0.39, 0.29) is 5.56 Å². The molecule has 5 rings (SSSR count). The van der Waals surface area contributed by atoms with Crippen LogP contribution in [0.4, 0.5) is 5.95 Å². The van der Waals surface area contributed by atoms with Crippen LogP contribution >= 0.6 is 0 Å². The summed E-state index contributed by atoms with van der Waals surface area (Å²) in [6.07, 6.45) is 7.42. The van der Waals surface area contributed by atoms with Gasteiger partial charge in [0.25, 0.3) is 5.56 Å². The highest BCUT2D eigenvalue weighted by Gasteiger charge is 2.22. The molecule has 6 nitrogen and oxygen atoms in total. The summed E-state index contributed by atoms with van der Waals surface area (Å²) in [5.41, 5.74) is 4.64. The van der Waals surface area contributed by atoms with Gasteiger partial charge in [0.2, 0.25) is 5.95 Å². The van der Waals surface area contributed by atoms with Gasteiger partial charge in [-0.25, -0.2) is 4.98 Å². The van der Waals surface area contributed by atoms with E-state index in [0.29, 0.717) is 0 Å². The fraction of sp³-hybridized carbons (Fsp3) is 0.500. The van der Waals surface area contributed by atoms with Crippen LogP contribution in [-0.2, 0) is 25.9 Å². The van der Waals surface area contributed by atoms with Crippen LogP contribution in [0.25, 0.3) is 10.9 Å². The Bertz CT molecular complexity index is 1090. The molecule has 1 fully saturated rings. The average Bonchev–Trinajstić information content (AvgIpc) is 3.35. The van der Waals surface area contributed by atoms with Gasteiger partial charge in [-0.05, 0) is 37.3 Å². The number of rotatable bonds is 5. The minimum Gasteiger partial charge on any atom is -0.347 e. The van der Waals surface area contributed by atoms with Gasteiger partial charge < -0.3 is 9.47 Å². The van der Waals surface area contributed by atoms with Crippen molar-refractivity contribution in [2.45, 2.75) is 52.1 Å². The standard InChI is InChI=1S/C24H31N5O/c1-2-11-29-17-18(19-7-3-4-8-22(19)29)16-27-14-9-20-21(10-15-27)25-24(26-23(20)30)28-12-5-6-13-28/h3-4,7-8,17H,2,5-6,9-16H2,1H3,(H,25,26,30). The molecule has 6 heteroatoms. The summed E-state index contributed by atoms with van der Waals surface area (Å²) in [6, 6.07) is 8.70. The smallest absolute Gasteiger partial charge is 0.255 e. The van der Waals surface area contributed by atoms with Gasteiger partial charge in [0, 0.05) is 68.4 Å². The van der Waals surface area contributed by atoms with Crippen molar-refractivity contribution >= 4 is 16.9 Å². The van der Waals surface area contributed by atoms with E-state index in [0.717, 1.165) is 75.7 Å². The molecule has 0 amide bonds. The van der Waals surface area contributed by atoms with Gasteiger partial charge in [0.05, 0.1) is 5.69 Å². The molecule has 158 valence electrons. The Balaban J connectivity index is 1.36. The number of anilines is 1. The quantitative estimate of drug-likeness (QED) is 0.707. The van der Waals surface area contributed by atoms with E-state index < -0.39 is 0 Å². The first-order valence-corrected chi connectivity index (χ1v) is 11.4. The summed E-state index contributed by atoms with van der Waals surface area (Å²) in [7, 11) is 0. The molecule has 0 unspecified atom stereocenters. The van der Waals surface area contributed by atoms with Gasteiger partial charge >= 0.3 is 0 Å². The maximum Gasteiger partial charge on any atom is 0.255 e. The van der Waals surface area contributed by atoms with E-state index in [1.807, 2.05) is 0 Å². The Morgan fingerprint density at radius 3 is 2.70 bits per heavy atom. The lowest BCUT2D eigenvalue weighted by Gasteiger charge is -2.19. The monoisotopic (exact) mass is 405 g/mol. The normalized spacial score (nSPS) is 17.4. The summed E-state index contributed by atoms with van der Waals surface area (Å²) in [4.78, 5) is 25.4. The maximum absolute atomic E-state index is 12.8. The highest BCUT2D eigenvalue weighted by molar-refractivity contribution is 5.83. The fourth-order valence-electron chi connectivity index (χ4n) is 4.99. The van der Waals surface area contributed by atoms with Crippen LogP contribution in [0, 0.1) is 0 Å². The first-order valence-electron chi connectivity index (χ1n) is 11.4. The Morgan fingerprint density at radius 2 is 1.87 bits per heavy atom. The highest BCUT2D eigenvalue weighted by Crippen LogP contribution is 2.24. The van der Waals surface area contributed by atoms with Crippen LogP contribution in [0.3, 0.4) is 0 Å². The minimum atomic E-state index is 0.0586. The molecule has 2 aliphatic rings. The molecule has 30 heavy (non-hydrogen) atoms. The van der Waals surface area contributed by atoms with Gasteiger partial charge in [0.15, 0.2) is 0 Å². The second kappa shape index (κ2) is 8.26. The van der Waals surface area contributed by atoms with Gasteiger partial charge in [-0.1, -0.05) is 25.1 Å². The molecule has 4 heterocycles. The van der Waals surface area contributed by atoms with Crippen molar-refractivity contribution in [3.8, 4) is 0 Å². The number of hydrogen-bond acceptors (Lipinski definition) is 4. The summed E-state index contributed by atoms with van der Waals surface area (Å²) in [6.45, 7) is 8.02. The molecule has 1 N–H and O–H groups in total. The van der Waals surface area contributed by atoms with Crippen molar-refractivity contribution in [3.05, 3.63) is 57.6 Å². The number of nitrogens with zero attached hydrogens (tertiary/aromatic N) is 4. The zero-order chi connectivity index (χ0) is 20.5. The predicted molar refractivity (Wildman–Crippen MR) is 121 cm³/mol. The van der Waals surface area contributed by atoms with Crippen LogP contribution in [0.5, 0.6) is 0 Å². The molecule has 2 aliphatic heterocycles. The third-order valence-electron chi connectivity index (χ3n) is 6.57. The molecule has 2 aromatic heterocycles. The highest BCUT2D eigenvalue weighted by atomic mass is 16.1. The first kappa shape index (κ1) is 19.4. The number of aryl methyl sites for hydroxylation is 1. The minimum absolute atomic E-state index is 0.0586. The number of benzene rings is 1. The van der Waals surface area contributed by atoms with Crippen molar-refractivity contribution < 1.29 is 0 Å². The summed E-state index contributed by atoms with van der Waals surface area (Å²) < 4.78 is 2.38. The third-order valence-corrected chi connectivity index (χ3v) is 6.57. The average molecular weight is 406 g/mol. The first-order chi connectivity index (χ1) is 14.7. The number of aromatic nitrogens is 3. The van der Waals surface area contributed by atoms with Gasteiger partial charge in [-0.3, -0.25) is 14.7 Å². The summed E-state index contributed by atoms with van der Waals surface area (Å²) in [5, 5.41) is 1.35. The van der Waals surface area contributed by atoms with Crippen LogP contribution in [-0.4, -0.2) is 45.6 Å². The second-order valence-electron chi connectivity index (χ2n) is 8.65. The van der Waals surface area contributed by atoms with Crippen LogP contribution in [0.1, 0.15) is 43.0 Å². The molecule has 3 aromatic rings. The number of aromatic amines is 1. The Labute approximate surface area is 177 Å². The molecule has 0 spiro atoms. The van der Waals surface area contributed by atoms with Crippen molar-refractivity contribution in [2.24, 2.45) is 0 Å². The lowest BCUT2D eigenvalue weighted by molar-refractivity contribution is 0.279. The molecule has 0 saturated carbocycles. The zero-order valence-corrected chi connectivity index (χ0v) is 17.9. The van der Waals surface area contributed by atoms with E-state index in [4.69, 9.17) is 4.98 Å². The van der Waals surface area contributed by atoms with Gasteiger partial charge in [-0.2, -0.15) is 0 Å². The van der Waals surface area contributed by atoms with Crippen molar-refractivity contribution in [3.63, 3.8) is 0 Å². The number of para-hydroxylation sites is 1. The van der Waals surface area contributed by atoms with Gasteiger partial charge in [-0.15, -0.1) is 0 Å². The van der Waals surface area contributed by atoms with Crippen molar-refractivity contribution in [2.75, 3.05) is 31.1 Å². The largest absolute Gasteiger partial charge is 0.347 e. The fourth-order valence-corrected chi connectivity index (χ4v) is 4.99. The summed E-state index contributed by atoms with van der Waals surface area (Å²) in [5.74, 6) is 0.771. The van der Waals surface area contributed by atoms with E-state index in [2.05, 4.69) is 56.7 Å². The number of nitrogens with one attached hydrogen (secondary N) is 1. The third kappa shape index (κ3) is 3.65. The molecule has 0 radical (unpaired) electrons. The molecule has 1 aromatic carbocycles. The Kier molecular flexibility index (Phi) is 5.34. The van der Waals surface area contributed by atoms with Gasteiger partial charge in [0.1, 0.15) is 0 Å². The van der Waals surface area contributed by atoms with Crippen molar-refractivity contribution in [1.29, 1.82) is 0 Å². The molecular formula is C24H31N5O. The lowest BCUT2D eigenvalue weighted by atomic mass is 10.1. The summed E-state index contributed by atoms with van der Waals surface area (Å²) >= 11 is 0. The number of H-pyrrole nitrogens is 1. The van der Waals surface area contributed by atoms with E-state index in [9.17, 15) is 4.79 Å². The second-order valence-corrected chi connectivity index (χ2v) is 8.65. The molecule has 0 aliphatic carbocycles. The van der Waals surface area contributed by atoms with E-state index in [1.54, 1.807) is 0 Å². The van der Waals surface area contributed by atoms with E-state index in [1.165, 1.54) is 29.3 Å². The van der Waals surface area contributed by atoms with Crippen molar-refractivity contribution in [1.82, 2.24) is 19.4 Å². The maximum atomic E-state index is 12.8. The Hall–Kier alpha value is -2.60. The zero-order valence-electron chi connectivity index (χ0n) is 17.9. The van der Waals surface area contributed by atoms with Crippen LogP contribution in [0.15, 0.2) is 35.3 Å². The number of fused-ring (bicyclic) bond motifs is 2. The molecular weight excluding hydrogens is 374 g/mol. The SMILES string of the molecule is CCCn1cc(CN2CCc3nc(N4CCCC4)[nH]c(=O)c3CC2)c2ccccc21. The topological polar surface area (TPSA) is 57.2 Å².